The molecule has 0 bridgehead atoms. The third kappa shape index (κ3) is 5.31. The van der Waals surface area contributed by atoms with Gasteiger partial charge >= 0.3 is 6.92 Å². The Balaban J connectivity index is 1.69. The summed E-state index contributed by atoms with van der Waals surface area (Å²) in [5, 5.41) is 13.2. The van der Waals surface area contributed by atoms with E-state index < -0.39 is 22.8 Å². The number of halogens is 1. The van der Waals surface area contributed by atoms with Crippen LogP contribution in [0.2, 0.25) is 6.82 Å². The van der Waals surface area contributed by atoms with Gasteiger partial charge in [0.1, 0.15) is 17.2 Å². The van der Waals surface area contributed by atoms with Gasteiger partial charge in [0.2, 0.25) is 10.0 Å². The number of anilines is 1. The standard InChI is InChI=1S/C29H30BFN2O5S/c1-17-13-18(5-12-24(17)30(2)35)16-33(39(4,36)37)25-15-26-23(14-22(25)19-6-7-19)27(29(34)32-3)28(38-26)20-8-10-21(31)11-9-20/h5,8-15,19,35H,6-7,16H2,1-4H3,(H,32,34). The average Bonchev–Trinajstić information content (AvgIpc) is 3.66. The lowest BCUT2D eigenvalue weighted by Crippen LogP contribution is -2.32. The largest absolute Gasteiger partial charge is 0.455 e. The fourth-order valence-corrected chi connectivity index (χ4v) is 5.99. The third-order valence-corrected chi connectivity index (χ3v) is 8.32. The second kappa shape index (κ2) is 10.2. The van der Waals surface area contributed by atoms with Crippen molar-refractivity contribution in [3.05, 3.63) is 82.7 Å². The minimum absolute atomic E-state index is 0.0961. The van der Waals surface area contributed by atoms with Crippen LogP contribution in [0.25, 0.3) is 22.3 Å². The van der Waals surface area contributed by atoms with Crippen molar-refractivity contribution in [2.75, 3.05) is 17.6 Å². The molecule has 5 rings (SSSR count). The number of furan rings is 1. The number of sulfonamides is 1. The fourth-order valence-electron chi connectivity index (χ4n) is 5.09. The molecule has 0 unspecified atom stereocenters. The monoisotopic (exact) mass is 548 g/mol. The molecule has 0 saturated heterocycles. The first-order chi connectivity index (χ1) is 18.5. The summed E-state index contributed by atoms with van der Waals surface area (Å²) in [6.07, 6.45) is 3.00. The van der Waals surface area contributed by atoms with Gasteiger partial charge in [-0.3, -0.25) is 9.10 Å². The van der Waals surface area contributed by atoms with Crippen LogP contribution in [0, 0.1) is 12.7 Å². The van der Waals surface area contributed by atoms with Crippen molar-refractivity contribution in [1.82, 2.24) is 5.32 Å². The number of amides is 1. The normalized spacial score (nSPS) is 13.5. The van der Waals surface area contributed by atoms with E-state index in [-0.39, 0.29) is 18.4 Å². The zero-order valence-corrected chi connectivity index (χ0v) is 23.1. The maximum atomic E-state index is 13.6. The van der Waals surface area contributed by atoms with Gasteiger partial charge in [-0.1, -0.05) is 30.6 Å². The highest BCUT2D eigenvalue weighted by molar-refractivity contribution is 7.92. The topological polar surface area (TPSA) is 99.8 Å². The molecule has 0 aliphatic heterocycles. The van der Waals surface area contributed by atoms with Crippen LogP contribution < -0.4 is 15.1 Å². The Morgan fingerprint density at radius 2 is 1.85 bits per heavy atom. The molecule has 1 fully saturated rings. The first kappa shape index (κ1) is 27.0. The number of nitrogens with one attached hydrogen (secondary N) is 1. The van der Waals surface area contributed by atoms with Gasteiger partial charge in [0, 0.05) is 24.1 Å². The molecule has 3 aromatic carbocycles. The summed E-state index contributed by atoms with van der Waals surface area (Å²) < 4.78 is 47.5. The Kier molecular flexibility index (Phi) is 7.03. The summed E-state index contributed by atoms with van der Waals surface area (Å²) in [5.41, 5.74) is 5.00. The molecule has 1 aliphatic rings. The zero-order chi connectivity index (χ0) is 28.1. The van der Waals surface area contributed by atoms with Crippen molar-refractivity contribution in [2.45, 2.75) is 39.1 Å². The van der Waals surface area contributed by atoms with Crippen molar-refractivity contribution in [3.8, 4) is 11.3 Å². The Morgan fingerprint density at radius 1 is 1.15 bits per heavy atom. The first-order valence-electron chi connectivity index (χ1n) is 12.8. The summed E-state index contributed by atoms with van der Waals surface area (Å²) in [6, 6.07) is 14.8. The molecule has 39 heavy (non-hydrogen) atoms. The Labute approximate surface area is 227 Å². The lowest BCUT2D eigenvalue weighted by atomic mass is 9.62. The molecular formula is C29H30BFN2O5S. The molecule has 0 radical (unpaired) electrons. The number of carbonyl (C=O) groups excluding carboxylic acids is 1. The summed E-state index contributed by atoms with van der Waals surface area (Å²) in [7, 11) is -2.18. The molecule has 1 aliphatic carbocycles. The van der Waals surface area contributed by atoms with Gasteiger partial charge in [0.25, 0.3) is 5.91 Å². The minimum atomic E-state index is -3.71. The second-order valence-corrected chi connectivity index (χ2v) is 12.1. The quantitative estimate of drug-likeness (QED) is 0.315. The molecule has 1 aromatic heterocycles. The van der Waals surface area contributed by atoms with Crippen LogP contribution in [0.3, 0.4) is 0 Å². The molecule has 4 aromatic rings. The van der Waals surface area contributed by atoms with Crippen LogP contribution >= 0.6 is 0 Å². The van der Waals surface area contributed by atoms with E-state index >= 15 is 0 Å². The van der Waals surface area contributed by atoms with E-state index in [4.69, 9.17) is 4.42 Å². The number of carbonyl (C=O) groups is 1. The van der Waals surface area contributed by atoms with Crippen LogP contribution in [0.4, 0.5) is 10.1 Å². The maximum Gasteiger partial charge on any atom is 0.320 e. The average molecular weight is 548 g/mol. The first-order valence-corrected chi connectivity index (χ1v) is 14.7. The SMILES string of the molecule is CNC(=O)c1c(-c2ccc(F)cc2)oc2cc(N(Cc3ccc(B(C)O)c(C)c3)S(C)(=O)=O)c(C3CC3)cc12. The highest BCUT2D eigenvalue weighted by atomic mass is 32.2. The predicted octanol–water partition coefficient (Wildman–Crippen LogP) is 4.57. The van der Waals surface area contributed by atoms with Gasteiger partial charge < -0.3 is 14.8 Å². The van der Waals surface area contributed by atoms with Gasteiger partial charge in [-0.2, -0.15) is 0 Å². The molecule has 2 N–H and O–H groups in total. The van der Waals surface area contributed by atoms with Gasteiger partial charge in [0.05, 0.1) is 24.1 Å². The Bertz CT molecular complexity index is 1680. The summed E-state index contributed by atoms with van der Waals surface area (Å²) >= 11 is 0. The number of rotatable bonds is 8. The van der Waals surface area contributed by atoms with Crippen LogP contribution in [0.5, 0.6) is 0 Å². The molecule has 10 heteroatoms. The van der Waals surface area contributed by atoms with Gasteiger partial charge in [-0.05, 0) is 72.6 Å². The van der Waals surface area contributed by atoms with E-state index in [1.165, 1.54) is 29.7 Å². The molecule has 1 heterocycles. The lowest BCUT2D eigenvalue weighted by Gasteiger charge is -2.26. The van der Waals surface area contributed by atoms with E-state index in [2.05, 4.69) is 5.32 Å². The Hall–Kier alpha value is -3.63. The summed E-state index contributed by atoms with van der Waals surface area (Å²) in [6.45, 7) is 3.05. The third-order valence-electron chi connectivity index (χ3n) is 7.19. The van der Waals surface area contributed by atoms with Crippen molar-refractivity contribution >= 4 is 45.0 Å². The van der Waals surface area contributed by atoms with Crippen molar-refractivity contribution in [2.24, 2.45) is 0 Å². The number of hydrogen-bond acceptors (Lipinski definition) is 5. The molecule has 7 nitrogen and oxygen atoms in total. The number of aryl methyl sites for hydroxylation is 1. The molecule has 1 amide bonds. The molecule has 1 saturated carbocycles. The van der Waals surface area contributed by atoms with E-state index in [0.29, 0.717) is 33.5 Å². The lowest BCUT2D eigenvalue weighted by molar-refractivity contribution is 0.0964. The number of benzene rings is 3. The Morgan fingerprint density at radius 3 is 2.41 bits per heavy atom. The number of nitrogens with zero attached hydrogens (tertiary/aromatic N) is 1. The van der Waals surface area contributed by atoms with E-state index in [0.717, 1.165) is 35.0 Å². The predicted molar refractivity (Wildman–Crippen MR) is 153 cm³/mol. The highest BCUT2D eigenvalue weighted by Gasteiger charge is 2.33. The highest BCUT2D eigenvalue weighted by Crippen LogP contribution is 2.48. The van der Waals surface area contributed by atoms with E-state index in [1.807, 2.05) is 31.2 Å². The number of hydrogen-bond donors (Lipinski definition) is 2. The smallest absolute Gasteiger partial charge is 0.320 e. The van der Waals surface area contributed by atoms with Crippen LogP contribution in [0.1, 0.15) is 45.8 Å². The van der Waals surface area contributed by atoms with E-state index in [1.54, 1.807) is 25.0 Å². The van der Waals surface area contributed by atoms with Crippen molar-refractivity contribution in [1.29, 1.82) is 0 Å². The summed E-state index contributed by atoms with van der Waals surface area (Å²) in [5.74, 6) is -0.306. The second-order valence-electron chi connectivity index (χ2n) is 10.2. The van der Waals surface area contributed by atoms with Crippen molar-refractivity contribution in [3.63, 3.8) is 0 Å². The molecule has 0 atom stereocenters. The van der Waals surface area contributed by atoms with Gasteiger partial charge in [-0.15, -0.1) is 0 Å². The number of fused-ring (bicyclic) bond motifs is 1. The maximum absolute atomic E-state index is 13.6. The molecular weight excluding hydrogens is 518 g/mol. The summed E-state index contributed by atoms with van der Waals surface area (Å²) in [4.78, 5) is 13.0. The van der Waals surface area contributed by atoms with Crippen LogP contribution in [-0.4, -0.2) is 39.6 Å². The van der Waals surface area contributed by atoms with Crippen molar-refractivity contribution < 1.29 is 27.0 Å². The zero-order valence-electron chi connectivity index (χ0n) is 22.3. The molecule has 0 spiro atoms. The van der Waals surface area contributed by atoms with E-state index in [9.17, 15) is 22.6 Å². The minimum Gasteiger partial charge on any atom is -0.455 e. The van der Waals surface area contributed by atoms with Crippen LogP contribution in [-0.2, 0) is 16.6 Å². The van der Waals surface area contributed by atoms with Gasteiger partial charge in [0.15, 0.2) is 0 Å². The molecule has 202 valence electrons. The van der Waals surface area contributed by atoms with Crippen LogP contribution in [0.15, 0.2) is 59.0 Å². The fraction of sp³-hybridized carbons (Fsp3) is 0.276. The van der Waals surface area contributed by atoms with Gasteiger partial charge in [-0.25, -0.2) is 12.8 Å².